The molecule has 2 heterocycles. The maximum Gasteiger partial charge on any atom is 0.416 e. The zero-order chi connectivity index (χ0) is 23.8. The smallest absolute Gasteiger partial charge is 0.339 e. The van der Waals surface area contributed by atoms with Crippen molar-refractivity contribution in [1.82, 2.24) is 9.80 Å². The molecule has 33 heavy (non-hydrogen) atoms. The van der Waals surface area contributed by atoms with Gasteiger partial charge in [-0.2, -0.15) is 13.2 Å². The maximum atomic E-state index is 13.0. The topological polar surface area (TPSA) is 60.9 Å². The summed E-state index contributed by atoms with van der Waals surface area (Å²) >= 11 is 0. The van der Waals surface area contributed by atoms with E-state index in [4.69, 9.17) is 0 Å². The van der Waals surface area contributed by atoms with Crippen LogP contribution in [0.5, 0.6) is 0 Å². The van der Waals surface area contributed by atoms with E-state index in [0.29, 0.717) is 6.54 Å². The van der Waals surface area contributed by atoms with E-state index >= 15 is 0 Å². The molecule has 2 saturated heterocycles. The third-order valence-corrected chi connectivity index (χ3v) is 6.14. The summed E-state index contributed by atoms with van der Waals surface area (Å²) in [4.78, 5) is 42.9. The van der Waals surface area contributed by atoms with Gasteiger partial charge in [0.2, 0.25) is 11.8 Å². The molecule has 1 unspecified atom stereocenters. The number of hydrogen-bond acceptors (Lipinski definition) is 3. The van der Waals surface area contributed by atoms with Crippen LogP contribution in [0.1, 0.15) is 27.9 Å². The molecule has 3 amide bonds. The number of halogens is 3. The highest BCUT2D eigenvalue weighted by Crippen LogP contribution is 2.30. The molecule has 2 aromatic rings. The van der Waals surface area contributed by atoms with Gasteiger partial charge < -0.3 is 14.7 Å². The van der Waals surface area contributed by atoms with Crippen molar-refractivity contribution in [2.24, 2.45) is 5.92 Å². The van der Waals surface area contributed by atoms with Crippen LogP contribution in [0.15, 0.2) is 48.5 Å². The fourth-order valence-electron chi connectivity index (χ4n) is 4.25. The minimum atomic E-state index is -4.52. The van der Waals surface area contributed by atoms with E-state index in [2.05, 4.69) is 0 Å². The standard InChI is InChI=1S/C24H24F3N3O3/c1-16-5-7-20(8-6-16)30-15-18(14-21(30)31)23(33)29-11-9-28(10-12-29)22(32)17-3-2-4-19(13-17)24(25,26)27/h2-8,13,18H,9-12,14-15H2,1H3. The van der Waals surface area contributed by atoms with Crippen LogP contribution in [0.25, 0.3) is 0 Å². The normalized spacial score (nSPS) is 19.2. The second kappa shape index (κ2) is 8.88. The molecule has 0 bridgehead atoms. The number of carbonyl (C=O) groups excluding carboxylic acids is 3. The Morgan fingerprint density at radius 1 is 0.939 bits per heavy atom. The molecule has 9 heteroatoms. The van der Waals surface area contributed by atoms with Gasteiger partial charge in [0, 0.05) is 50.4 Å². The number of nitrogens with zero attached hydrogens (tertiary/aromatic N) is 3. The minimum Gasteiger partial charge on any atom is -0.339 e. The quantitative estimate of drug-likeness (QED) is 0.708. The molecule has 174 valence electrons. The summed E-state index contributed by atoms with van der Waals surface area (Å²) < 4.78 is 38.8. The number of benzene rings is 2. The van der Waals surface area contributed by atoms with E-state index in [1.807, 2.05) is 31.2 Å². The molecule has 2 aromatic carbocycles. The Bertz CT molecular complexity index is 1060. The van der Waals surface area contributed by atoms with Crippen molar-refractivity contribution >= 4 is 23.4 Å². The van der Waals surface area contributed by atoms with Crippen LogP contribution in [0, 0.1) is 12.8 Å². The maximum absolute atomic E-state index is 13.0. The summed E-state index contributed by atoms with van der Waals surface area (Å²) in [5.41, 5.74) is 0.943. The van der Waals surface area contributed by atoms with E-state index in [1.54, 1.807) is 9.80 Å². The molecule has 0 radical (unpaired) electrons. The van der Waals surface area contributed by atoms with Crippen LogP contribution in [-0.4, -0.2) is 60.2 Å². The van der Waals surface area contributed by atoms with Gasteiger partial charge in [-0.25, -0.2) is 0 Å². The van der Waals surface area contributed by atoms with Gasteiger partial charge in [0.15, 0.2) is 0 Å². The summed E-state index contributed by atoms with van der Waals surface area (Å²) in [5.74, 6) is -1.18. The number of anilines is 1. The molecule has 2 aliphatic rings. The van der Waals surface area contributed by atoms with Gasteiger partial charge in [0.25, 0.3) is 5.91 Å². The van der Waals surface area contributed by atoms with Crippen molar-refractivity contribution in [3.63, 3.8) is 0 Å². The largest absolute Gasteiger partial charge is 0.416 e. The van der Waals surface area contributed by atoms with Crippen LogP contribution in [0.2, 0.25) is 0 Å². The lowest BCUT2D eigenvalue weighted by Gasteiger charge is -2.36. The lowest BCUT2D eigenvalue weighted by Crippen LogP contribution is -2.52. The lowest BCUT2D eigenvalue weighted by atomic mass is 10.1. The second-order valence-electron chi connectivity index (χ2n) is 8.44. The fourth-order valence-corrected chi connectivity index (χ4v) is 4.25. The van der Waals surface area contributed by atoms with Crippen LogP contribution in [0.4, 0.5) is 18.9 Å². The summed E-state index contributed by atoms with van der Waals surface area (Å²) in [6.45, 7) is 3.27. The van der Waals surface area contributed by atoms with E-state index in [-0.39, 0.29) is 50.0 Å². The molecule has 0 saturated carbocycles. The van der Waals surface area contributed by atoms with Gasteiger partial charge in [-0.15, -0.1) is 0 Å². The highest BCUT2D eigenvalue weighted by Gasteiger charge is 2.38. The predicted octanol–water partition coefficient (Wildman–Crippen LogP) is 3.35. The zero-order valence-corrected chi connectivity index (χ0v) is 18.1. The lowest BCUT2D eigenvalue weighted by molar-refractivity contribution is -0.138. The highest BCUT2D eigenvalue weighted by molar-refractivity contribution is 6.00. The number of aryl methyl sites for hydroxylation is 1. The highest BCUT2D eigenvalue weighted by atomic mass is 19.4. The summed E-state index contributed by atoms with van der Waals surface area (Å²) in [5, 5.41) is 0. The first-order valence-corrected chi connectivity index (χ1v) is 10.8. The Kier molecular flexibility index (Phi) is 6.14. The Morgan fingerprint density at radius 3 is 2.21 bits per heavy atom. The van der Waals surface area contributed by atoms with Crippen molar-refractivity contribution in [2.45, 2.75) is 19.5 Å². The molecule has 0 aliphatic carbocycles. The van der Waals surface area contributed by atoms with E-state index in [1.165, 1.54) is 17.0 Å². The number of alkyl halides is 3. The Balaban J connectivity index is 1.35. The molecule has 0 spiro atoms. The van der Waals surface area contributed by atoms with Crippen LogP contribution >= 0.6 is 0 Å². The average Bonchev–Trinajstić information content (AvgIpc) is 3.20. The fraction of sp³-hybridized carbons (Fsp3) is 0.375. The number of amides is 3. The average molecular weight is 459 g/mol. The Labute approximate surface area is 189 Å². The first kappa shape index (κ1) is 22.8. The SMILES string of the molecule is Cc1ccc(N2CC(C(=O)N3CCN(C(=O)c4cccc(C(F)(F)F)c4)CC3)CC2=O)cc1. The number of piperazine rings is 1. The van der Waals surface area contributed by atoms with Crippen molar-refractivity contribution in [2.75, 3.05) is 37.6 Å². The molecule has 4 rings (SSSR count). The molecule has 0 aromatic heterocycles. The third kappa shape index (κ3) is 4.86. The van der Waals surface area contributed by atoms with Gasteiger partial charge in [-0.3, -0.25) is 14.4 Å². The van der Waals surface area contributed by atoms with E-state index in [9.17, 15) is 27.6 Å². The molecule has 2 aliphatic heterocycles. The number of rotatable bonds is 3. The first-order valence-electron chi connectivity index (χ1n) is 10.8. The summed E-state index contributed by atoms with van der Waals surface area (Å²) in [6.07, 6.45) is -4.39. The van der Waals surface area contributed by atoms with Gasteiger partial charge in [0.05, 0.1) is 11.5 Å². The Morgan fingerprint density at radius 2 is 1.58 bits per heavy atom. The number of hydrogen-bond donors (Lipinski definition) is 0. The van der Waals surface area contributed by atoms with Crippen molar-refractivity contribution in [3.05, 3.63) is 65.2 Å². The van der Waals surface area contributed by atoms with Gasteiger partial charge in [-0.1, -0.05) is 23.8 Å². The zero-order valence-electron chi connectivity index (χ0n) is 18.1. The van der Waals surface area contributed by atoms with Crippen LogP contribution < -0.4 is 4.90 Å². The third-order valence-electron chi connectivity index (χ3n) is 6.14. The van der Waals surface area contributed by atoms with Crippen LogP contribution in [-0.2, 0) is 15.8 Å². The molecule has 6 nitrogen and oxygen atoms in total. The first-order chi connectivity index (χ1) is 15.6. The molecular formula is C24H24F3N3O3. The van der Waals surface area contributed by atoms with Crippen molar-refractivity contribution in [1.29, 1.82) is 0 Å². The van der Waals surface area contributed by atoms with Gasteiger partial charge in [-0.05, 0) is 37.3 Å². The monoisotopic (exact) mass is 459 g/mol. The number of carbonyl (C=O) groups is 3. The van der Waals surface area contributed by atoms with Crippen LogP contribution in [0.3, 0.4) is 0 Å². The van der Waals surface area contributed by atoms with Crippen molar-refractivity contribution in [3.8, 4) is 0 Å². The van der Waals surface area contributed by atoms with Gasteiger partial charge >= 0.3 is 6.18 Å². The molecule has 2 fully saturated rings. The second-order valence-corrected chi connectivity index (χ2v) is 8.44. The minimum absolute atomic E-state index is 0.0280. The van der Waals surface area contributed by atoms with Gasteiger partial charge in [0.1, 0.15) is 0 Å². The predicted molar refractivity (Wildman–Crippen MR) is 116 cm³/mol. The molecule has 0 N–H and O–H groups in total. The Hall–Kier alpha value is -3.36. The molecule has 1 atom stereocenters. The van der Waals surface area contributed by atoms with E-state index < -0.39 is 23.6 Å². The summed E-state index contributed by atoms with van der Waals surface area (Å²) in [6, 6.07) is 11.9. The van der Waals surface area contributed by atoms with Crippen molar-refractivity contribution < 1.29 is 27.6 Å². The summed E-state index contributed by atoms with van der Waals surface area (Å²) in [7, 11) is 0. The van der Waals surface area contributed by atoms with E-state index in [0.717, 1.165) is 23.4 Å². The molecular weight excluding hydrogens is 435 g/mol.